The summed E-state index contributed by atoms with van der Waals surface area (Å²) in [5.74, 6) is -0.144. The second-order valence-corrected chi connectivity index (χ2v) is 5.26. The summed E-state index contributed by atoms with van der Waals surface area (Å²) in [6, 6.07) is 7.22. The zero-order valence-corrected chi connectivity index (χ0v) is 11.7. The van der Waals surface area contributed by atoms with Crippen molar-refractivity contribution in [3.05, 3.63) is 34.3 Å². The molecule has 3 nitrogen and oxygen atoms in total. The van der Waals surface area contributed by atoms with Crippen molar-refractivity contribution in [3.63, 3.8) is 0 Å². The summed E-state index contributed by atoms with van der Waals surface area (Å²) in [6.07, 6.45) is 2.29. The molecule has 1 amide bonds. The van der Waals surface area contributed by atoms with Gasteiger partial charge in [-0.05, 0) is 49.3 Å². The van der Waals surface area contributed by atoms with E-state index in [1.807, 2.05) is 17.0 Å². The summed E-state index contributed by atoms with van der Waals surface area (Å²) in [6.45, 7) is 1.89. The molecular formula is C12H13BrN2OS. The first-order valence-corrected chi connectivity index (χ1v) is 6.73. The van der Waals surface area contributed by atoms with Crippen LogP contribution in [0.5, 0.6) is 0 Å². The number of rotatable bonds is 1. The van der Waals surface area contributed by atoms with Crippen molar-refractivity contribution in [1.29, 1.82) is 0 Å². The molecule has 0 aliphatic carbocycles. The molecule has 0 aromatic heterocycles. The Balaban J connectivity index is 1.96. The minimum Gasteiger partial charge on any atom is -0.349 e. The van der Waals surface area contributed by atoms with E-state index >= 15 is 0 Å². The first-order chi connectivity index (χ1) is 8.16. The maximum atomic E-state index is 11.9. The van der Waals surface area contributed by atoms with Gasteiger partial charge in [-0.2, -0.15) is 0 Å². The lowest BCUT2D eigenvalue weighted by molar-refractivity contribution is 0.0974. The summed E-state index contributed by atoms with van der Waals surface area (Å²) >= 11 is 8.53. The fourth-order valence-corrected chi connectivity index (χ4v) is 2.31. The molecule has 1 fully saturated rings. The molecule has 0 spiro atoms. The van der Waals surface area contributed by atoms with Gasteiger partial charge in [0.2, 0.25) is 0 Å². The van der Waals surface area contributed by atoms with Crippen molar-refractivity contribution in [2.45, 2.75) is 12.8 Å². The zero-order chi connectivity index (χ0) is 12.3. The first-order valence-electron chi connectivity index (χ1n) is 5.52. The Bertz CT molecular complexity index is 427. The van der Waals surface area contributed by atoms with Gasteiger partial charge in [-0.3, -0.25) is 10.1 Å². The third-order valence-corrected chi connectivity index (χ3v) is 3.61. The lowest BCUT2D eigenvalue weighted by atomic mass is 10.2. The number of hydrogen-bond acceptors (Lipinski definition) is 2. The second-order valence-electron chi connectivity index (χ2n) is 3.96. The highest BCUT2D eigenvalue weighted by Gasteiger charge is 2.17. The minimum atomic E-state index is -0.144. The van der Waals surface area contributed by atoms with Crippen molar-refractivity contribution in [1.82, 2.24) is 10.2 Å². The van der Waals surface area contributed by atoms with E-state index in [-0.39, 0.29) is 5.91 Å². The smallest absolute Gasteiger partial charge is 0.257 e. The molecule has 5 heteroatoms. The Morgan fingerprint density at radius 2 is 1.82 bits per heavy atom. The number of nitrogens with one attached hydrogen (secondary N) is 1. The Hall–Kier alpha value is -0.940. The Morgan fingerprint density at radius 1 is 1.24 bits per heavy atom. The van der Waals surface area contributed by atoms with Crippen LogP contribution >= 0.6 is 28.1 Å². The Morgan fingerprint density at radius 3 is 2.41 bits per heavy atom. The molecule has 0 bridgehead atoms. The van der Waals surface area contributed by atoms with E-state index in [1.54, 1.807) is 12.1 Å². The number of carbonyl (C=O) groups excluding carboxylic acids is 1. The number of thiocarbonyl (C=S) groups is 1. The van der Waals surface area contributed by atoms with E-state index in [9.17, 15) is 4.79 Å². The van der Waals surface area contributed by atoms with Crippen molar-refractivity contribution < 1.29 is 4.79 Å². The molecule has 1 N–H and O–H groups in total. The summed E-state index contributed by atoms with van der Waals surface area (Å²) in [5, 5.41) is 3.30. The molecule has 1 aromatic rings. The highest BCUT2D eigenvalue weighted by atomic mass is 79.9. The standard InChI is InChI=1S/C12H13BrN2OS/c13-10-5-3-9(4-6-10)11(16)14-12(17)15-7-1-2-8-15/h3-6H,1-2,7-8H2,(H,14,16,17). The quantitative estimate of drug-likeness (QED) is 0.809. The van der Waals surface area contributed by atoms with Crippen LogP contribution in [0.25, 0.3) is 0 Å². The highest BCUT2D eigenvalue weighted by Crippen LogP contribution is 2.11. The van der Waals surface area contributed by atoms with Crippen LogP contribution in [0, 0.1) is 0 Å². The largest absolute Gasteiger partial charge is 0.349 e. The van der Waals surface area contributed by atoms with Crippen LogP contribution in [0.2, 0.25) is 0 Å². The van der Waals surface area contributed by atoms with Crippen LogP contribution in [0.4, 0.5) is 0 Å². The van der Waals surface area contributed by atoms with Gasteiger partial charge >= 0.3 is 0 Å². The third-order valence-electron chi connectivity index (χ3n) is 2.72. The number of likely N-dealkylation sites (tertiary alicyclic amines) is 1. The number of hydrogen-bond donors (Lipinski definition) is 1. The predicted octanol–water partition coefficient (Wildman–Crippen LogP) is 2.56. The molecule has 1 aliphatic rings. The van der Waals surface area contributed by atoms with Crippen LogP contribution in [-0.2, 0) is 0 Å². The molecule has 1 aliphatic heterocycles. The van der Waals surface area contributed by atoms with Crippen molar-refractivity contribution in [2.24, 2.45) is 0 Å². The van der Waals surface area contributed by atoms with Crippen LogP contribution in [-0.4, -0.2) is 29.0 Å². The van der Waals surface area contributed by atoms with Gasteiger partial charge in [-0.15, -0.1) is 0 Å². The summed E-state index contributed by atoms with van der Waals surface area (Å²) in [7, 11) is 0. The summed E-state index contributed by atoms with van der Waals surface area (Å²) in [5.41, 5.74) is 0.620. The molecule has 1 heterocycles. The van der Waals surface area contributed by atoms with Crippen LogP contribution < -0.4 is 5.32 Å². The molecule has 0 radical (unpaired) electrons. The molecular weight excluding hydrogens is 300 g/mol. The van der Waals surface area contributed by atoms with Gasteiger partial charge < -0.3 is 4.90 Å². The SMILES string of the molecule is O=C(NC(=S)N1CCCC1)c1ccc(Br)cc1. The molecule has 2 rings (SSSR count). The fourth-order valence-electron chi connectivity index (χ4n) is 1.77. The lowest BCUT2D eigenvalue weighted by Crippen LogP contribution is -2.41. The Kier molecular flexibility index (Phi) is 4.12. The monoisotopic (exact) mass is 312 g/mol. The zero-order valence-electron chi connectivity index (χ0n) is 9.28. The fraction of sp³-hybridized carbons (Fsp3) is 0.333. The van der Waals surface area contributed by atoms with Crippen molar-refractivity contribution >= 4 is 39.2 Å². The van der Waals surface area contributed by atoms with Crippen molar-refractivity contribution in [3.8, 4) is 0 Å². The number of halogens is 1. The maximum absolute atomic E-state index is 11.9. The van der Waals surface area contributed by atoms with Gasteiger partial charge in [0.05, 0.1) is 0 Å². The number of carbonyl (C=O) groups is 1. The molecule has 90 valence electrons. The predicted molar refractivity (Wildman–Crippen MR) is 75.0 cm³/mol. The van der Waals surface area contributed by atoms with Crippen LogP contribution in [0.15, 0.2) is 28.7 Å². The molecule has 1 saturated heterocycles. The third kappa shape index (κ3) is 3.26. The maximum Gasteiger partial charge on any atom is 0.257 e. The van der Waals surface area contributed by atoms with E-state index in [0.717, 1.165) is 30.4 Å². The lowest BCUT2D eigenvalue weighted by Gasteiger charge is -2.18. The summed E-state index contributed by atoms with van der Waals surface area (Å²) < 4.78 is 0.955. The molecule has 0 atom stereocenters. The molecule has 0 saturated carbocycles. The van der Waals surface area contributed by atoms with Crippen LogP contribution in [0.3, 0.4) is 0 Å². The normalized spacial score (nSPS) is 14.8. The van der Waals surface area contributed by atoms with E-state index in [4.69, 9.17) is 12.2 Å². The average Bonchev–Trinajstić information content (AvgIpc) is 2.83. The average molecular weight is 313 g/mol. The highest BCUT2D eigenvalue weighted by molar-refractivity contribution is 9.10. The van der Waals surface area contributed by atoms with E-state index < -0.39 is 0 Å². The first kappa shape index (κ1) is 12.5. The van der Waals surface area contributed by atoms with Gasteiger partial charge in [0.1, 0.15) is 0 Å². The topological polar surface area (TPSA) is 32.3 Å². The number of nitrogens with zero attached hydrogens (tertiary/aromatic N) is 1. The Labute approximate surface area is 114 Å². The summed E-state index contributed by atoms with van der Waals surface area (Å²) in [4.78, 5) is 13.9. The number of amides is 1. The van der Waals surface area contributed by atoms with Gasteiger partial charge in [-0.25, -0.2) is 0 Å². The molecule has 0 unspecified atom stereocenters. The van der Waals surface area contributed by atoms with E-state index in [2.05, 4.69) is 21.2 Å². The van der Waals surface area contributed by atoms with Gasteiger partial charge in [-0.1, -0.05) is 15.9 Å². The molecule has 17 heavy (non-hydrogen) atoms. The van der Waals surface area contributed by atoms with Gasteiger partial charge in [0.15, 0.2) is 5.11 Å². The van der Waals surface area contributed by atoms with E-state index in [0.29, 0.717) is 10.7 Å². The van der Waals surface area contributed by atoms with E-state index in [1.165, 1.54) is 0 Å². The minimum absolute atomic E-state index is 0.144. The van der Waals surface area contributed by atoms with Crippen molar-refractivity contribution in [2.75, 3.05) is 13.1 Å². The second kappa shape index (κ2) is 5.60. The van der Waals surface area contributed by atoms with Gasteiger partial charge in [0, 0.05) is 23.1 Å². The van der Waals surface area contributed by atoms with Gasteiger partial charge in [0.25, 0.3) is 5.91 Å². The molecule has 1 aromatic carbocycles. The van der Waals surface area contributed by atoms with Crippen LogP contribution in [0.1, 0.15) is 23.2 Å². The number of benzene rings is 1.